The number of nitrogens with one attached hydrogen (secondary N) is 2. The summed E-state index contributed by atoms with van der Waals surface area (Å²) in [4.78, 5) is 50.9. The van der Waals surface area contributed by atoms with Crippen LogP contribution in [0.1, 0.15) is 64.8 Å². The van der Waals surface area contributed by atoms with Gasteiger partial charge in [0, 0.05) is 32.0 Å². The molecule has 3 aromatic rings. The SMILES string of the molecule is COc1cc(C(=O)N(C)c2ccc(C)cc2OCCCCCC(=O)NCCC(N)=O)ccc1NC(=O)c1ccccc1OCCCN.Cl. The molecule has 12 nitrogen and oxygen atoms in total. The van der Waals surface area contributed by atoms with Crippen molar-refractivity contribution in [2.45, 2.75) is 45.4 Å². The van der Waals surface area contributed by atoms with Gasteiger partial charge in [-0.05, 0) is 87.2 Å². The van der Waals surface area contributed by atoms with Crippen LogP contribution >= 0.6 is 12.4 Å². The first kappa shape index (κ1) is 39.4. The van der Waals surface area contributed by atoms with Crippen molar-refractivity contribution in [2.24, 2.45) is 11.5 Å². The van der Waals surface area contributed by atoms with Gasteiger partial charge in [0.05, 0.1) is 37.3 Å². The first-order valence-corrected chi connectivity index (χ1v) is 15.6. The average Bonchev–Trinajstić information content (AvgIpc) is 3.06. The molecule has 0 spiro atoms. The highest BCUT2D eigenvalue weighted by Gasteiger charge is 2.21. The highest BCUT2D eigenvalue weighted by molar-refractivity contribution is 6.09. The summed E-state index contributed by atoms with van der Waals surface area (Å²) < 4.78 is 17.4. The van der Waals surface area contributed by atoms with Crippen LogP contribution in [-0.2, 0) is 9.59 Å². The van der Waals surface area contributed by atoms with Gasteiger partial charge in [0.1, 0.15) is 17.2 Å². The number of carbonyl (C=O) groups excluding carboxylic acids is 4. The predicted octanol–water partition coefficient (Wildman–Crippen LogP) is 4.61. The molecule has 0 aromatic heterocycles. The first-order chi connectivity index (χ1) is 22.6. The molecule has 0 unspecified atom stereocenters. The summed E-state index contributed by atoms with van der Waals surface area (Å²) in [5.74, 6) is 0.0858. The Morgan fingerprint density at radius 1 is 0.833 bits per heavy atom. The Bertz CT molecular complexity index is 1530. The summed E-state index contributed by atoms with van der Waals surface area (Å²) in [6.45, 7) is 3.47. The number of ether oxygens (including phenoxy) is 3. The number of hydrogen-bond acceptors (Lipinski definition) is 8. The third kappa shape index (κ3) is 12.1. The van der Waals surface area contributed by atoms with Crippen molar-refractivity contribution in [1.29, 1.82) is 0 Å². The first-order valence-electron chi connectivity index (χ1n) is 15.6. The van der Waals surface area contributed by atoms with E-state index in [1.54, 1.807) is 49.5 Å². The van der Waals surface area contributed by atoms with Crippen LogP contribution in [0.5, 0.6) is 17.2 Å². The third-order valence-electron chi connectivity index (χ3n) is 7.22. The zero-order valence-corrected chi connectivity index (χ0v) is 28.5. The fourth-order valence-corrected chi connectivity index (χ4v) is 4.64. The average molecular weight is 684 g/mol. The van der Waals surface area contributed by atoms with Crippen LogP contribution in [0.2, 0.25) is 0 Å². The normalized spacial score (nSPS) is 10.3. The Balaban J connectivity index is 0.00000800. The van der Waals surface area contributed by atoms with Crippen LogP contribution < -0.4 is 41.2 Å². The standard InChI is InChI=1S/C35H45N5O7.ClH/c1-24-13-16-28(31(22-24)47-20-8-4-5-12-33(42)38-19-17-32(37)41)40(2)35(44)25-14-15-27(30(23-25)45-3)39-34(43)26-10-6-7-11-29(26)46-21-9-18-36;/h6-7,10-11,13-16,22-23H,4-5,8-9,12,17-21,36H2,1-3H3,(H2,37,41)(H,38,42)(H,39,43);1H. The minimum atomic E-state index is -0.452. The van der Waals surface area contributed by atoms with E-state index in [-0.39, 0.29) is 43.1 Å². The van der Waals surface area contributed by atoms with Crippen LogP contribution in [0.4, 0.5) is 11.4 Å². The fourth-order valence-electron chi connectivity index (χ4n) is 4.64. The molecule has 0 fully saturated rings. The Hall–Kier alpha value is -4.81. The molecule has 0 atom stereocenters. The Kier molecular flexibility index (Phi) is 16.8. The molecule has 0 radical (unpaired) electrons. The fraction of sp³-hybridized carbons (Fsp3) is 0.371. The van der Waals surface area contributed by atoms with Gasteiger partial charge >= 0.3 is 0 Å². The quantitative estimate of drug-likeness (QED) is 0.132. The second-order valence-corrected chi connectivity index (χ2v) is 10.9. The van der Waals surface area contributed by atoms with Crippen molar-refractivity contribution in [3.8, 4) is 17.2 Å². The third-order valence-corrected chi connectivity index (χ3v) is 7.22. The van der Waals surface area contributed by atoms with Crippen molar-refractivity contribution < 1.29 is 33.4 Å². The minimum Gasteiger partial charge on any atom is -0.495 e. The molecule has 4 amide bonds. The molecule has 0 aliphatic carbocycles. The van der Waals surface area contributed by atoms with E-state index in [4.69, 9.17) is 25.7 Å². The summed E-state index contributed by atoms with van der Waals surface area (Å²) >= 11 is 0. The lowest BCUT2D eigenvalue weighted by Gasteiger charge is -2.22. The number of methoxy groups -OCH3 is 1. The van der Waals surface area contributed by atoms with Crippen LogP contribution in [-0.4, -0.2) is 64.1 Å². The Morgan fingerprint density at radius 2 is 1.56 bits per heavy atom. The number of amides is 4. The summed E-state index contributed by atoms with van der Waals surface area (Å²) in [7, 11) is 3.13. The van der Waals surface area contributed by atoms with Gasteiger partial charge in [-0.15, -0.1) is 12.4 Å². The van der Waals surface area contributed by atoms with E-state index < -0.39 is 5.91 Å². The van der Waals surface area contributed by atoms with E-state index in [1.807, 2.05) is 25.1 Å². The van der Waals surface area contributed by atoms with Crippen LogP contribution in [0, 0.1) is 6.92 Å². The number of unbranched alkanes of at least 4 members (excludes halogenated alkanes) is 2. The molecule has 48 heavy (non-hydrogen) atoms. The molecule has 6 N–H and O–H groups in total. The summed E-state index contributed by atoms with van der Waals surface area (Å²) in [5.41, 5.74) is 13.3. The lowest BCUT2D eigenvalue weighted by Crippen LogP contribution is -2.27. The predicted molar refractivity (Wildman–Crippen MR) is 189 cm³/mol. The number of nitrogens with zero attached hydrogens (tertiary/aromatic N) is 1. The molecule has 0 aliphatic rings. The number of hydrogen-bond donors (Lipinski definition) is 4. The van der Waals surface area contributed by atoms with E-state index in [9.17, 15) is 19.2 Å². The lowest BCUT2D eigenvalue weighted by atomic mass is 10.1. The number of primary amides is 1. The number of aryl methyl sites for hydroxylation is 1. The van der Waals surface area contributed by atoms with Crippen molar-refractivity contribution in [3.05, 3.63) is 77.4 Å². The Morgan fingerprint density at radius 3 is 2.29 bits per heavy atom. The topological polar surface area (TPSA) is 175 Å². The largest absolute Gasteiger partial charge is 0.495 e. The van der Waals surface area contributed by atoms with Crippen LogP contribution in [0.3, 0.4) is 0 Å². The van der Waals surface area contributed by atoms with Crippen molar-refractivity contribution in [3.63, 3.8) is 0 Å². The number of nitrogens with two attached hydrogens (primary N) is 2. The van der Waals surface area contributed by atoms with Gasteiger partial charge in [0.2, 0.25) is 11.8 Å². The Labute approximate surface area is 287 Å². The number of carbonyl (C=O) groups is 4. The summed E-state index contributed by atoms with van der Waals surface area (Å²) in [5, 5.41) is 5.53. The minimum absolute atomic E-state index is 0. The monoisotopic (exact) mass is 683 g/mol. The number of benzene rings is 3. The second kappa shape index (κ2) is 20.4. The number of anilines is 2. The van der Waals surface area contributed by atoms with Gasteiger partial charge in [0.15, 0.2) is 0 Å². The molecule has 13 heteroatoms. The smallest absolute Gasteiger partial charge is 0.259 e. The van der Waals surface area contributed by atoms with Gasteiger partial charge in [0.25, 0.3) is 11.8 Å². The molecule has 3 rings (SSSR count). The summed E-state index contributed by atoms with van der Waals surface area (Å²) in [6.07, 6.45) is 3.30. The number of rotatable bonds is 19. The zero-order chi connectivity index (χ0) is 34.2. The maximum absolute atomic E-state index is 13.6. The maximum Gasteiger partial charge on any atom is 0.259 e. The van der Waals surface area contributed by atoms with Crippen molar-refractivity contribution in [2.75, 3.05) is 50.7 Å². The van der Waals surface area contributed by atoms with E-state index >= 15 is 0 Å². The maximum atomic E-state index is 13.6. The van der Waals surface area contributed by atoms with Gasteiger partial charge < -0.3 is 41.2 Å². The molecule has 0 saturated carbocycles. The number of para-hydroxylation sites is 1. The molecule has 0 saturated heterocycles. The van der Waals surface area contributed by atoms with E-state index in [2.05, 4.69) is 10.6 Å². The van der Waals surface area contributed by atoms with Gasteiger partial charge in [-0.1, -0.05) is 18.2 Å². The van der Waals surface area contributed by atoms with E-state index in [0.717, 1.165) is 12.0 Å². The van der Waals surface area contributed by atoms with Gasteiger partial charge in [-0.2, -0.15) is 0 Å². The van der Waals surface area contributed by atoms with Gasteiger partial charge in [-0.25, -0.2) is 0 Å². The van der Waals surface area contributed by atoms with Crippen molar-refractivity contribution in [1.82, 2.24) is 5.32 Å². The summed E-state index contributed by atoms with van der Waals surface area (Å²) in [6, 6.07) is 17.4. The highest BCUT2D eigenvalue weighted by atomic mass is 35.5. The van der Waals surface area contributed by atoms with Crippen molar-refractivity contribution >= 4 is 47.4 Å². The molecule has 260 valence electrons. The van der Waals surface area contributed by atoms with Crippen LogP contribution in [0.15, 0.2) is 60.7 Å². The molecular formula is C35H46ClN5O7. The molecule has 0 aliphatic heterocycles. The zero-order valence-electron chi connectivity index (χ0n) is 27.7. The molecule has 3 aromatic carbocycles. The lowest BCUT2D eigenvalue weighted by molar-refractivity contribution is -0.121. The number of halogens is 1. The van der Waals surface area contributed by atoms with E-state index in [1.165, 1.54) is 12.0 Å². The van der Waals surface area contributed by atoms with Gasteiger partial charge in [-0.3, -0.25) is 19.2 Å². The highest BCUT2D eigenvalue weighted by Crippen LogP contribution is 2.32. The van der Waals surface area contributed by atoms with E-state index in [0.29, 0.717) is 85.2 Å². The molecule has 0 heterocycles. The van der Waals surface area contributed by atoms with Crippen LogP contribution in [0.25, 0.3) is 0 Å². The second-order valence-electron chi connectivity index (χ2n) is 10.9. The molecule has 0 bridgehead atoms. The molecular weight excluding hydrogens is 638 g/mol.